The molecule has 7 heteroatoms. The minimum Gasteiger partial charge on any atom is -0.0620 e. The van der Waals surface area contributed by atoms with Crippen molar-refractivity contribution < 1.29 is 16.5 Å². The number of nitriles is 2. The number of hydrogen-bond acceptors (Lipinski definition) is 2. The first-order valence-corrected chi connectivity index (χ1v) is 17.1. The zero-order valence-electron chi connectivity index (χ0n) is 20.7. The molecule has 0 spiro atoms. The van der Waals surface area contributed by atoms with E-state index >= 15 is 0 Å². The Balaban J connectivity index is 0.000000493. The molecule has 0 aromatic heterocycles. The number of hydrogen-bond donors (Lipinski definition) is 0. The minimum atomic E-state index is -0.742. The Bertz CT molecular complexity index is 1160. The van der Waals surface area contributed by atoms with E-state index in [4.69, 9.17) is 10.5 Å². The van der Waals surface area contributed by atoms with Crippen molar-refractivity contribution in [2.24, 2.45) is 0 Å². The Morgan fingerprint density at radius 2 is 0.737 bits per heavy atom. The summed E-state index contributed by atoms with van der Waals surface area (Å²) in [6, 6.07) is 48.1. The van der Waals surface area contributed by atoms with Crippen LogP contribution in [0.15, 0.2) is 130 Å². The van der Waals surface area contributed by atoms with Gasteiger partial charge in [-0.15, -0.1) is 0 Å². The Kier molecular flexibility index (Phi) is 15.5. The number of allylic oxidation sites excluding steroid dienone is 2. The zero-order valence-corrected chi connectivity index (χ0v) is 27.1. The molecule has 4 aromatic rings. The van der Waals surface area contributed by atoms with E-state index in [1.165, 1.54) is 40.0 Å². The first kappa shape index (κ1) is 32.2. The molecule has 0 radical (unpaired) electrons. The van der Waals surface area contributed by atoms with Crippen molar-refractivity contribution in [1.29, 1.82) is 10.5 Å². The number of nitrogens with zero attached hydrogens (tertiary/aromatic N) is 2. The van der Waals surface area contributed by atoms with Gasteiger partial charge in [-0.05, 0) is 48.5 Å². The second kappa shape index (κ2) is 18.3. The molecule has 0 unspecified atom stereocenters. The van der Waals surface area contributed by atoms with Gasteiger partial charge in [-0.1, -0.05) is 72.8 Å². The van der Waals surface area contributed by atoms with Crippen LogP contribution in [-0.4, -0.2) is 44.3 Å². The molecule has 38 heavy (non-hydrogen) atoms. The predicted octanol–water partition coefficient (Wildman–Crippen LogP) is 4.69. The number of rotatable bonds is 8. The van der Waals surface area contributed by atoms with E-state index in [-0.39, 0.29) is 16.5 Å². The van der Waals surface area contributed by atoms with Crippen LogP contribution in [0.3, 0.4) is 0 Å². The molecule has 0 heterocycles. The van der Waals surface area contributed by atoms with Gasteiger partial charge in [-0.3, -0.25) is 0 Å². The molecular formula is C31H28N2NiP2Se2+2. The molecule has 0 saturated carbocycles. The first-order chi connectivity index (χ1) is 18.1. The third-order valence-electron chi connectivity index (χ3n) is 5.75. The van der Waals surface area contributed by atoms with Crippen molar-refractivity contribution in [2.45, 2.75) is 6.42 Å². The van der Waals surface area contributed by atoms with Crippen molar-refractivity contribution >= 4 is 69.1 Å². The van der Waals surface area contributed by atoms with Gasteiger partial charge in [0.1, 0.15) is 0 Å². The first-order valence-electron chi connectivity index (χ1n) is 12.0. The Morgan fingerprint density at radius 3 is 0.947 bits per heavy atom. The summed E-state index contributed by atoms with van der Waals surface area (Å²) in [5, 5.41) is 22.4. The van der Waals surface area contributed by atoms with Gasteiger partial charge in [0.2, 0.25) is 0 Å². The fraction of sp³-hybridized carbons (Fsp3) is 0.0968. The second-order valence-electron chi connectivity index (χ2n) is 8.16. The van der Waals surface area contributed by atoms with Crippen LogP contribution in [0.25, 0.3) is 0 Å². The smallest absolute Gasteiger partial charge is 0.0620 e. The van der Waals surface area contributed by atoms with Gasteiger partial charge in [-0.25, -0.2) is 0 Å². The fourth-order valence-electron chi connectivity index (χ4n) is 4.01. The third-order valence-corrected chi connectivity index (χ3v) is 13.5. The summed E-state index contributed by atoms with van der Waals surface area (Å²) in [6.07, 6.45) is 3.84. The summed E-state index contributed by atoms with van der Waals surface area (Å²) in [6.45, 7) is 0. The molecule has 0 aliphatic rings. The summed E-state index contributed by atoms with van der Waals surface area (Å²) < 4.78 is 0.625. The molecule has 0 atom stereocenters. The number of benzene rings is 4. The van der Waals surface area contributed by atoms with Crippen LogP contribution in [0.4, 0.5) is 0 Å². The average Bonchev–Trinajstić information content (AvgIpc) is 2.98. The van der Waals surface area contributed by atoms with Crippen LogP contribution in [0.2, 0.25) is 0 Å². The van der Waals surface area contributed by atoms with E-state index in [9.17, 15) is 0 Å². The predicted molar refractivity (Wildman–Crippen MR) is 165 cm³/mol. The Hall–Kier alpha value is -2.01. The van der Waals surface area contributed by atoms with Crippen molar-refractivity contribution in [3.05, 3.63) is 130 Å². The fourth-order valence-corrected chi connectivity index (χ4v) is 9.82. The van der Waals surface area contributed by atoms with Gasteiger partial charge in [0.15, 0.2) is 0 Å². The molecule has 192 valence electrons. The topological polar surface area (TPSA) is 47.6 Å². The molecule has 0 N–H and O–H groups in total. The van der Waals surface area contributed by atoms with Crippen LogP contribution < -0.4 is 21.2 Å². The van der Waals surface area contributed by atoms with Crippen molar-refractivity contribution in [3.63, 3.8) is 0 Å². The molecule has 0 bridgehead atoms. The monoisotopic (exact) mass is 708 g/mol. The van der Waals surface area contributed by atoms with Crippen LogP contribution in [0.1, 0.15) is 6.42 Å². The summed E-state index contributed by atoms with van der Waals surface area (Å²) in [5.74, 6) is 0. The van der Waals surface area contributed by atoms with E-state index in [2.05, 4.69) is 153 Å². The Labute approximate surface area is 255 Å². The molecule has 4 aromatic carbocycles. The van der Waals surface area contributed by atoms with E-state index in [1.54, 1.807) is 12.1 Å². The van der Waals surface area contributed by atoms with Crippen LogP contribution >= 0.6 is 15.8 Å². The zero-order chi connectivity index (χ0) is 26.3. The molecular weight excluding hydrogens is 679 g/mol. The van der Waals surface area contributed by atoms with Crippen molar-refractivity contribution in [1.82, 2.24) is 0 Å². The van der Waals surface area contributed by atoms with Crippen LogP contribution in [-0.2, 0) is 16.5 Å². The summed E-state index contributed by atoms with van der Waals surface area (Å²) in [4.78, 5) is 0. The van der Waals surface area contributed by atoms with E-state index < -0.39 is 15.8 Å². The Morgan fingerprint density at radius 1 is 0.500 bits per heavy atom. The molecule has 0 amide bonds. The summed E-state index contributed by atoms with van der Waals surface area (Å²) in [5.41, 5.74) is 0. The third kappa shape index (κ3) is 10.3. The van der Waals surface area contributed by atoms with Gasteiger partial charge in [0, 0.05) is 6.42 Å². The van der Waals surface area contributed by atoms with Gasteiger partial charge in [-0.2, -0.15) is 0 Å². The average molecular weight is 707 g/mol. The standard InChI is InChI=1S/C27H26P2.C4H2N2Se2.Ni/c1-5-14-24(15-6-1)28(25-16-7-2-8-17-25)22-13-23-29(26-18-9-3-10-19-26)27-20-11-4-12-21-27;5-1-3(7)4(8)2-6;/h1-12,14-21H,13,22-23H2;7-8H;/q;;+2/b;4-3-;. The largest absolute Gasteiger partial charge is 2.00 e. The summed E-state index contributed by atoms with van der Waals surface area (Å²) >= 11 is 4.88. The van der Waals surface area contributed by atoms with Gasteiger partial charge in [0.05, 0.1) is 49.4 Å². The van der Waals surface area contributed by atoms with Crippen LogP contribution in [0, 0.1) is 22.7 Å². The maximum absolute atomic E-state index is 8.13. The maximum atomic E-state index is 8.13. The van der Waals surface area contributed by atoms with E-state index in [1.807, 2.05) is 0 Å². The van der Waals surface area contributed by atoms with E-state index in [0.29, 0.717) is 8.94 Å². The van der Waals surface area contributed by atoms with Gasteiger partial charge < -0.3 is 0 Å². The summed E-state index contributed by atoms with van der Waals surface area (Å²) in [7, 11) is -1.48. The van der Waals surface area contributed by atoms with Crippen molar-refractivity contribution in [3.8, 4) is 12.1 Å². The second-order valence-corrected chi connectivity index (χ2v) is 15.1. The SMILES string of the molecule is N#C/C([Se-])=C(/[Se-])C#N.[Ni+2].c1ccc([PH+](CCC[PH+](c2ccccc2)c2ccccc2)c2ccccc2)cc1. The minimum absolute atomic E-state index is 0. The molecule has 0 saturated heterocycles. The molecule has 0 aliphatic carbocycles. The van der Waals surface area contributed by atoms with Gasteiger partial charge in [0.25, 0.3) is 0 Å². The normalized spacial score (nSPS) is 10.7. The van der Waals surface area contributed by atoms with E-state index in [0.717, 1.165) is 0 Å². The quantitative estimate of drug-likeness (QED) is 0.152. The molecule has 0 aliphatic heterocycles. The maximum Gasteiger partial charge on any atom is 2.00 e. The van der Waals surface area contributed by atoms with Gasteiger partial charge >= 0.3 is 80.1 Å². The molecule has 0 fully saturated rings. The van der Waals surface area contributed by atoms with Crippen molar-refractivity contribution in [2.75, 3.05) is 12.3 Å². The molecule has 2 nitrogen and oxygen atoms in total. The molecule has 4 rings (SSSR count). The van der Waals surface area contributed by atoms with Crippen LogP contribution in [0.5, 0.6) is 0 Å².